The Morgan fingerprint density at radius 3 is 3.03 bits per heavy atom. The molecule has 0 saturated carbocycles. The largest absolute Gasteiger partial charge is 0.341 e. The summed E-state index contributed by atoms with van der Waals surface area (Å²) in [5.41, 5.74) is 10.8. The van der Waals surface area contributed by atoms with Crippen LogP contribution in [0.4, 0.5) is 0 Å². The number of para-hydroxylation sites is 1. The molecule has 0 radical (unpaired) electrons. The number of pyridine rings is 1. The summed E-state index contributed by atoms with van der Waals surface area (Å²) in [6.45, 7) is 2.01. The van der Waals surface area contributed by atoms with Crippen molar-refractivity contribution in [3.63, 3.8) is 0 Å². The second kappa shape index (κ2) is 7.81. The molecule has 2 atom stereocenters. The fourth-order valence-corrected chi connectivity index (χ4v) is 4.83. The summed E-state index contributed by atoms with van der Waals surface area (Å²) in [7, 11) is 2.12. The number of hydrogen-bond donors (Lipinski definition) is 2. The standard InChI is InChI=1S/C23H28N6O/c1-28(19-9-2-5-15-6-4-11-25-21(15)19)14-20-26-18-8-3-7-17(22(18)27-20)23(30)29-12-10-16(24)13-29/h3-4,6-8,11,16,19H,2,5,9-10,12-14,24H2,1H3,(H,26,27). The van der Waals surface area contributed by atoms with Gasteiger partial charge in [0.25, 0.3) is 5.91 Å². The van der Waals surface area contributed by atoms with Crippen molar-refractivity contribution < 1.29 is 4.79 Å². The summed E-state index contributed by atoms with van der Waals surface area (Å²) in [5.74, 6) is 0.888. The minimum absolute atomic E-state index is 0.0189. The zero-order valence-corrected chi connectivity index (χ0v) is 17.3. The van der Waals surface area contributed by atoms with Gasteiger partial charge in [-0.3, -0.25) is 14.7 Å². The Bertz CT molecular complexity index is 1080. The maximum Gasteiger partial charge on any atom is 0.256 e. The third-order valence-electron chi connectivity index (χ3n) is 6.40. The van der Waals surface area contributed by atoms with Gasteiger partial charge in [0, 0.05) is 25.3 Å². The summed E-state index contributed by atoms with van der Waals surface area (Å²) < 4.78 is 0. The Morgan fingerprint density at radius 1 is 1.30 bits per heavy atom. The normalized spacial score (nSPS) is 21.4. The number of nitrogens with two attached hydrogens (primary N) is 1. The fourth-order valence-electron chi connectivity index (χ4n) is 4.83. The van der Waals surface area contributed by atoms with Crippen LogP contribution in [-0.4, -0.2) is 56.8 Å². The van der Waals surface area contributed by atoms with Crippen LogP contribution in [0.5, 0.6) is 0 Å². The molecule has 156 valence electrons. The molecule has 0 spiro atoms. The van der Waals surface area contributed by atoms with Crippen molar-refractivity contribution >= 4 is 16.9 Å². The first kappa shape index (κ1) is 19.2. The van der Waals surface area contributed by atoms with Gasteiger partial charge in [-0.1, -0.05) is 12.1 Å². The average molecular weight is 405 g/mol. The molecular weight excluding hydrogens is 376 g/mol. The number of aromatic nitrogens is 3. The maximum absolute atomic E-state index is 13.0. The topological polar surface area (TPSA) is 91.1 Å². The van der Waals surface area contributed by atoms with Crippen LogP contribution in [0.25, 0.3) is 11.0 Å². The van der Waals surface area contributed by atoms with Crippen LogP contribution in [-0.2, 0) is 13.0 Å². The predicted molar refractivity (Wildman–Crippen MR) is 116 cm³/mol. The van der Waals surface area contributed by atoms with Crippen LogP contribution >= 0.6 is 0 Å². The van der Waals surface area contributed by atoms with Crippen LogP contribution in [0.15, 0.2) is 36.5 Å². The highest BCUT2D eigenvalue weighted by Crippen LogP contribution is 2.32. The number of benzene rings is 1. The molecule has 30 heavy (non-hydrogen) atoms. The van der Waals surface area contributed by atoms with Crippen LogP contribution in [0.2, 0.25) is 0 Å². The third-order valence-corrected chi connectivity index (χ3v) is 6.40. The fraction of sp³-hybridized carbons (Fsp3) is 0.435. The first-order chi connectivity index (χ1) is 14.6. The van der Waals surface area contributed by atoms with Crippen molar-refractivity contribution in [2.75, 3.05) is 20.1 Å². The molecule has 2 aromatic heterocycles. The first-order valence-electron chi connectivity index (χ1n) is 10.8. The van der Waals surface area contributed by atoms with Crippen molar-refractivity contribution in [2.24, 2.45) is 5.73 Å². The van der Waals surface area contributed by atoms with E-state index in [4.69, 9.17) is 10.7 Å². The van der Waals surface area contributed by atoms with Gasteiger partial charge in [-0.25, -0.2) is 4.98 Å². The van der Waals surface area contributed by atoms with Gasteiger partial charge in [-0.05, 0) is 56.5 Å². The molecule has 1 aromatic carbocycles. The Morgan fingerprint density at radius 2 is 2.20 bits per heavy atom. The van der Waals surface area contributed by atoms with E-state index >= 15 is 0 Å². The number of carbonyl (C=O) groups is 1. The molecule has 3 N–H and O–H groups in total. The molecule has 0 bridgehead atoms. The molecule has 1 aliphatic carbocycles. The number of amides is 1. The molecule has 3 heterocycles. The van der Waals surface area contributed by atoms with Gasteiger partial charge in [0.1, 0.15) is 11.3 Å². The van der Waals surface area contributed by atoms with E-state index in [-0.39, 0.29) is 18.0 Å². The first-order valence-corrected chi connectivity index (χ1v) is 10.8. The Balaban J connectivity index is 1.39. The lowest BCUT2D eigenvalue weighted by molar-refractivity contribution is 0.0792. The lowest BCUT2D eigenvalue weighted by Crippen LogP contribution is -2.32. The molecule has 5 rings (SSSR count). The van der Waals surface area contributed by atoms with Crippen molar-refractivity contribution in [1.29, 1.82) is 0 Å². The second-order valence-electron chi connectivity index (χ2n) is 8.56. The van der Waals surface area contributed by atoms with Crippen molar-refractivity contribution in [3.8, 4) is 0 Å². The van der Waals surface area contributed by atoms with Crippen molar-refractivity contribution in [3.05, 3.63) is 59.2 Å². The predicted octanol–water partition coefficient (Wildman–Crippen LogP) is 2.64. The van der Waals surface area contributed by atoms with Gasteiger partial charge in [0.15, 0.2) is 0 Å². The summed E-state index contributed by atoms with van der Waals surface area (Å²) in [4.78, 5) is 30.1. The number of imidazole rings is 1. The summed E-state index contributed by atoms with van der Waals surface area (Å²) in [6.07, 6.45) is 6.11. The van der Waals surface area contributed by atoms with E-state index in [0.717, 1.165) is 36.1 Å². The zero-order valence-electron chi connectivity index (χ0n) is 17.3. The van der Waals surface area contributed by atoms with Gasteiger partial charge < -0.3 is 15.6 Å². The SMILES string of the molecule is CN(Cc1nc2c(C(=O)N3CCC(N)C3)cccc2[nH]1)C1CCCc2cccnc21. The third kappa shape index (κ3) is 3.48. The quantitative estimate of drug-likeness (QED) is 0.698. The Hall–Kier alpha value is -2.77. The van der Waals surface area contributed by atoms with Crippen LogP contribution in [0.3, 0.4) is 0 Å². The molecular formula is C23H28N6O. The van der Waals surface area contributed by atoms with Gasteiger partial charge in [0.2, 0.25) is 0 Å². The second-order valence-corrected chi connectivity index (χ2v) is 8.56. The van der Waals surface area contributed by atoms with Crippen LogP contribution in [0, 0.1) is 0 Å². The number of fused-ring (bicyclic) bond motifs is 2. The average Bonchev–Trinajstić information content (AvgIpc) is 3.38. The van der Waals surface area contributed by atoms with E-state index in [1.165, 1.54) is 17.7 Å². The molecule has 1 amide bonds. The smallest absolute Gasteiger partial charge is 0.256 e. The number of aromatic amines is 1. The highest BCUT2D eigenvalue weighted by atomic mass is 16.2. The molecule has 7 heteroatoms. The van der Waals surface area contributed by atoms with Gasteiger partial charge >= 0.3 is 0 Å². The maximum atomic E-state index is 13.0. The van der Waals surface area contributed by atoms with Crippen molar-refractivity contribution in [2.45, 2.75) is 44.3 Å². The molecule has 7 nitrogen and oxygen atoms in total. The van der Waals surface area contributed by atoms with Crippen LogP contribution < -0.4 is 5.73 Å². The van der Waals surface area contributed by atoms with Crippen molar-refractivity contribution in [1.82, 2.24) is 24.8 Å². The summed E-state index contributed by atoms with van der Waals surface area (Å²) >= 11 is 0. The number of aryl methyl sites for hydroxylation is 1. The number of nitrogens with zero attached hydrogens (tertiary/aromatic N) is 4. The zero-order chi connectivity index (χ0) is 20.7. The van der Waals surface area contributed by atoms with E-state index in [0.29, 0.717) is 25.2 Å². The van der Waals surface area contributed by atoms with E-state index in [9.17, 15) is 4.79 Å². The van der Waals surface area contributed by atoms with Gasteiger partial charge in [-0.15, -0.1) is 0 Å². The monoisotopic (exact) mass is 404 g/mol. The number of nitrogens with one attached hydrogen (secondary N) is 1. The van der Waals surface area contributed by atoms with Gasteiger partial charge in [-0.2, -0.15) is 0 Å². The summed E-state index contributed by atoms with van der Waals surface area (Å²) in [6, 6.07) is 10.3. The minimum atomic E-state index is 0.0189. The number of hydrogen-bond acceptors (Lipinski definition) is 5. The molecule has 1 saturated heterocycles. The lowest BCUT2D eigenvalue weighted by atomic mass is 9.91. The van der Waals surface area contributed by atoms with E-state index in [1.54, 1.807) is 0 Å². The summed E-state index contributed by atoms with van der Waals surface area (Å²) in [5, 5.41) is 0. The number of likely N-dealkylation sites (tertiary alicyclic amines) is 1. The lowest BCUT2D eigenvalue weighted by Gasteiger charge is -2.31. The molecule has 1 fully saturated rings. The van der Waals surface area contributed by atoms with E-state index in [1.807, 2.05) is 35.4 Å². The van der Waals surface area contributed by atoms with Gasteiger partial charge in [0.05, 0.1) is 29.4 Å². The van der Waals surface area contributed by atoms with Crippen LogP contribution in [0.1, 0.15) is 52.7 Å². The number of rotatable bonds is 4. The molecule has 2 aliphatic rings. The molecule has 2 unspecified atom stereocenters. The Kier molecular flexibility index (Phi) is 5.00. The number of carbonyl (C=O) groups excluding carboxylic acids is 1. The molecule has 1 aliphatic heterocycles. The van der Waals surface area contributed by atoms with E-state index in [2.05, 4.69) is 28.0 Å². The molecule has 3 aromatic rings. The highest BCUT2D eigenvalue weighted by Gasteiger charge is 2.28. The highest BCUT2D eigenvalue weighted by molar-refractivity contribution is 6.05. The Labute approximate surface area is 176 Å². The minimum Gasteiger partial charge on any atom is -0.341 e. The number of H-pyrrole nitrogens is 1. The van der Waals surface area contributed by atoms with E-state index < -0.39 is 0 Å².